The monoisotopic (exact) mass is 359 g/mol. The number of nitrogens with one attached hydrogen (secondary N) is 1. The van der Waals surface area contributed by atoms with Gasteiger partial charge >= 0.3 is 0 Å². The van der Waals surface area contributed by atoms with Gasteiger partial charge in [0.25, 0.3) is 0 Å². The maximum absolute atomic E-state index is 13.0. The van der Waals surface area contributed by atoms with Crippen LogP contribution in [0.25, 0.3) is 0 Å². The molecule has 2 unspecified atom stereocenters. The van der Waals surface area contributed by atoms with Gasteiger partial charge in [0.1, 0.15) is 6.04 Å². The van der Waals surface area contributed by atoms with Crippen LogP contribution < -0.4 is 5.32 Å². The summed E-state index contributed by atoms with van der Waals surface area (Å²) in [7, 11) is 0. The Morgan fingerprint density at radius 1 is 1.19 bits per heavy atom. The molecule has 2 atom stereocenters. The van der Waals surface area contributed by atoms with E-state index in [-0.39, 0.29) is 18.1 Å². The van der Waals surface area contributed by atoms with E-state index >= 15 is 0 Å². The molecule has 2 heterocycles. The van der Waals surface area contributed by atoms with E-state index in [9.17, 15) is 9.90 Å². The fourth-order valence-corrected chi connectivity index (χ4v) is 4.23. The van der Waals surface area contributed by atoms with Crippen molar-refractivity contribution in [2.45, 2.75) is 44.8 Å². The molecule has 0 aliphatic carbocycles. The van der Waals surface area contributed by atoms with Crippen molar-refractivity contribution in [1.29, 1.82) is 0 Å². The molecule has 0 spiro atoms. The van der Waals surface area contributed by atoms with Crippen molar-refractivity contribution in [3.05, 3.63) is 35.9 Å². The smallest absolute Gasteiger partial charge is 0.242 e. The highest BCUT2D eigenvalue weighted by Crippen LogP contribution is 2.25. The SMILES string of the molecule is CC1CCCN(CCNC(=O)C(c2ccccc2)N2CCC(O)CC2)C1. The maximum atomic E-state index is 13.0. The number of piperidine rings is 2. The van der Waals surface area contributed by atoms with Gasteiger partial charge < -0.3 is 15.3 Å². The summed E-state index contributed by atoms with van der Waals surface area (Å²) in [6.45, 7) is 7.74. The summed E-state index contributed by atoms with van der Waals surface area (Å²) in [6.07, 6.45) is 3.83. The fourth-order valence-electron chi connectivity index (χ4n) is 4.23. The second kappa shape index (κ2) is 9.49. The first kappa shape index (κ1) is 19.3. The number of likely N-dealkylation sites (tertiary alicyclic amines) is 2. The molecule has 2 N–H and O–H groups in total. The van der Waals surface area contributed by atoms with E-state index in [0.29, 0.717) is 6.54 Å². The van der Waals surface area contributed by atoms with Crippen LogP contribution in [0.5, 0.6) is 0 Å². The molecule has 0 radical (unpaired) electrons. The van der Waals surface area contributed by atoms with Gasteiger partial charge in [0, 0.05) is 32.7 Å². The van der Waals surface area contributed by atoms with Crippen LogP contribution in [0.15, 0.2) is 30.3 Å². The number of hydrogen-bond acceptors (Lipinski definition) is 4. The molecule has 5 nitrogen and oxygen atoms in total. The highest BCUT2D eigenvalue weighted by atomic mass is 16.3. The van der Waals surface area contributed by atoms with Gasteiger partial charge in [0.05, 0.1) is 6.10 Å². The van der Waals surface area contributed by atoms with E-state index in [1.807, 2.05) is 30.3 Å². The quantitative estimate of drug-likeness (QED) is 0.816. The topological polar surface area (TPSA) is 55.8 Å². The van der Waals surface area contributed by atoms with Crippen molar-refractivity contribution in [1.82, 2.24) is 15.1 Å². The van der Waals surface area contributed by atoms with Crippen molar-refractivity contribution in [2.24, 2.45) is 5.92 Å². The van der Waals surface area contributed by atoms with Gasteiger partial charge in [-0.15, -0.1) is 0 Å². The first-order chi connectivity index (χ1) is 12.6. The Hall–Kier alpha value is -1.43. The molecule has 2 aliphatic rings. The third-order valence-electron chi connectivity index (χ3n) is 5.70. The Balaban J connectivity index is 1.58. The Morgan fingerprint density at radius 2 is 1.92 bits per heavy atom. The zero-order valence-corrected chi connectivity index (χ0v) is 15.9. The molecule has 26 heavy (non-hydrogen) atoms. The van der Waals surface area contributed by atoms with Gasteiger partial charge in [0.15, 0.2) is 0 Å². The molecule has 2 saturated heterocycles. The van der Waals surface area contributed by atoms with Crippen LogP contribution in [-0.4, -0.2) is 66.2 Å². The number of nitrogens with zero attached hydrogens (tertiary/aromatic N) is 2. The van der Waals surface area contributed by atoms with Gasteiger partial charge in [-0.2, -0.15) is 0 Å². The fraction of sp³-hybridized carbons (Fsp3) is 0.667. The molecule has 1 aromatic rings. The van der Waals surface area contributed by atoms with Crippen molar-refractivity contribution in [3.8, 4) is 0 Å². The average molecular weight is 360 g/mol. The number of rotatable bonds is 6. The molecule has 1 amide bonds. The average Bonchev–Trinajstić information content (AvgIpc) is 2.65. The standard InChI is InChI=1S/C21H33N3O2/c1-17-6-5-12-23(16-17)15-11-22-21(26)20(18-7-3-2-4-8-18)24-13-9-19(25)10-14-24/h2-4,7-8,17,19-20,25H,5-6,9-16H2,1H3,(H,22,26). The van der Waals surface area contributed by atoms with Crippen molar-refractivity contribution >= 4 is 5.91 Å². The van der Waals surface area contributed by atoms with Crippen LogP contribution in [0.4, 0.5) is 0 Å². The number of hydrogen-bond donors (Lipinski definition) is 2. The molecule has 2 fully saturated rings. The summed E-state index contributed by atoms with van der Waals surface area (Å²) < 4.78 is 0. The van der Waals surface area contributed by atoms with Crippen LogP contribution in [0, 0.1) is 5.92 Å². The van der Waals surface area contributed by atoms with Gasteiger partial charge in [-0.1, -0.05) is 37.3 Å². The first-order valence-electron chi connectivity index (χ1n) is 10.1. The lowest BCUT2D eigenvalue weighted by Gasteiger charge is -2.36. The van der Waals surface area contributed by atoms with Crippen molar-refractivity contribution in [2.75, 3.05) is 39.3 Å². The lowest BCUT2D eigenvalue weighted by atomic mass is 9.99. The molecule has 0 bridgehead atoms. The summed E-state index contributed by atoms with van der Waals surface area (Å²) in [5, 5.41) is 13.0. The Bertz CT molecular complexity index is 558. The first-order valence-corrected chi connectivity index (χ1v) is 10.1. The summed E-state index contributed by atoms with van der Waals surface area (Å²) in [6, 6.07) is 9.76. The molecule has 3 rings (SSSR count). The second-order valence-corrected chi connectivity index (χ2v) is 7.92. The van der Waals surface area contributed by atoms with E-state index < -0.39 is 0 Å². The predicted octanol–water partition coefficient (Wildman–Crippen LogP) is 2.03. The Morgan fingerprint density at radius 3 is 2.62 bits per heavy atom. The highest BCUT2D eigenvalue weighted by molar-refractivity contribution is 5.83. The van der Waals surface area contributed by atoms with Crippen LogP contribution in [0.3, 0.4) is 0 Å². The maximum Gasteiger partial charge on any atom is 0.242 e. The molecule has 0 aromatic heterocycles. The van der Waals surface area contributed by atoms with Gasteiger partial charge in [-0.25, -0.2) is 0 Å². The minimum Gasteiger partial charge on any atom is -0.393 e. The zero-order chi connectivity index (χ0) is 18.4. The number of benzene rings is 1. The van der Waals surface area contributed by atoms with Crippen LogP contribution in [0.1, 0.15) is 44.2 Å². The molecular formula is C21H33N3O2. The van der Waals surface area contributed by atoms with E-state index in [0.717, 1.165) is 57.0 Å². The van der Waals surface area contributed by atoms with Gasteiger partial charge in [-0.3, -0.25) is 9.69 Å². The van der Waals surface area contributed by atoms with E-state index in [4.69, 9.17) is 0 Å². The Kier molecular flexibility index (Phi) is 7.06. The van der Waals surface area contributed by atoms with Gasteiger partial charge in [0.2, 0.25) is 5.91 Å². The third-order valence-corrected chi connectivity index (χ3v) is 5.70. The number of carbonyl (C=O) groups excluding carboxylic acids is 1. The molecule has 5 heteroatoms. The largest absolute Gasteiger partial charge is 0.393 e. The Labute approximate surface area is 157 Å². The van der Waals surface area contributed by atoms with E-state index in [2.05, 4.69) is 22.0 Å². The van der Waals surface area contributed by atoms with E-state index in [1.54, 1.807) is 0 Å². The summed E-state index contributed by atoms with van der Waals surface area (Å²) >= 11 is 0. The third kappa shape index (κ3) is 5.29. The molecule has 0 saturated carbocycles. The van der Waals surface area contributed by atoms with E-state index in [1.165, 1.54) is 12.8 Å². The highest BCUT2D eigenvalue weighted by Gasteiger charge is 2.30. The molecule has 2 aliphatic heterocycles. The lowest BCUT2D eigenvalue weighted by molar-refractivity contribution is -0.127. The minimum absolute atomic E-state index is 0.0812. The van der Waals surface area contributed by atoms with Gasteiger partial charge in [-0.05, 0) is 43.7 Å². The zero-order valence-electron chi connectivity index (χ0n) is 15.9. The number of amides is 1. The normalized spacial score (nSPS) is 24.3. The van der Waals surface area contributed by atoms with Crippen LogP contribution >= 0.6 is 0 Å². The molecule has 1 aromatic carbocycles. The van der Waals surface area contributed by atoms with Crippen molar-refractivity contribution in [3.63, 3.8) is 0 Å². The van der Waals surface area contributed by atoms with Crippen LogP contribution in [0.2, 0.25) is 0 Å². The second-order valence-electron chi connectivity index (χ2n) is 7.92. The lowest BCUT2D eigenvalue weighted by Crippen LogP contribution is -2.47. The number of aliphatic hydroxyl groups is 1. The predicted molar refractivity (Wildman–Crippen MR) is 104 cm³/mol. The number of aliphatic hydroxyl groups excluding tert-OH is 1. The van der Waals surface area contributed by atoms with Crippen LogP contribution in [-0.2, 0) is 4.79 Å². The summed E-state index contributed by atoms with van der Waals surface area (Å²) in [4.78, 5) is 17.7. The van der Waals surface area contributed by atoms with Crippen molar-refractivity contribution < 1.29 is 9.90 Å². The molecule has 144 valence electrons. The summed E-state index contributed by atoms with van der Waals surface area (Å²) in [5.41, 5.74) is 1.04. The number of carbonyl (C=O) groups is 1. The summed E-state index contributed by atoms with van der Waals surface area (Å²) in [5.74, 6) is 0.842. The minimum atomic E-state index is -0.260. The molecular weight excluding hydrogens is 326 g/mol.